The SMILES string of the molecule is NC(c1csc(I)c1)C1CCOC2(CCCCC2)C1. The zero-order chi connectivity index (χ0) is 13.3. The molecule has 2 heterocycles. The Bertz CT molecular complexity index is 422. The lowest BCUT2D eigenvalue weighted by Gasteiger charge is -2.45. The second-order valence-corrected chi connectivity index (χ2v) is 8.86. The molecular formula is C15H22INOS. The molecule has 1 aliphatic heterocycles. The van der Waals surface area contributed by atoms with E-state index in [0.717, 1.165) is 13.0 Å². The monoisotopic (exact) mass is 391 g/mol. The van der Waals surface area contributed by atoms with Gasteiger partial charge in [-0.25, -0.2) is 0 Å². The number of thiophene rings is 1. The first kappa shape index (κ1) is 14.3. The predicted octanol–water partition coefficient (Wildman–Crippen LogP) is 4.48. The average Bonchev–Trinajstić information content (AvgIpc) is 2.85. The van der Waals surface area contributed by atoms with Gasteiger partial charge in [-0.2, -0.15) is 0 Å². The van der Waals surface area contributed by atoms with Crippen molar-refractivity contribution in [2.24, 2.45) is 11.7 Å². The van der Waals surface area contributed by atoms with Gasteiger partial charge in [0.1, 0.15) is 0 Å². The van der Waals surface area contributed by atoms with Gasteiger partial charge in [-0.3, -0.25) is 0 Å². The number of hydrogen-bond acceptors (Lipinski definition) is 3. The van der Waals surface area contributed by atoms with Crippen LogP contribution in [0, 0.1) is 8.80 Å². The molecule has 1 aromatic heterocycles. The van der Waals surface area contributed by atoms with Crippen molar-refractivity contribution in [3.8, 4) is 0 Å². The van der Waals surface area contributed by atoms with E-state index in [1.165, 1.54) is 47.0 Å². The van der Waals surface area contributed by atoms with Crippen molar-refractivity contribution >= 4 is 33.9 Å². The van der Waals surface area contributed by atoms with E-state index in [0.29, 0.717) is 5.92 Å². The maximum absolute atomic E-state index is 6.52. The van der Waals surface area contributed by atoms with Crippen molar-refractivity contribution in [2.45, 2.75) is 56.6 Å². The number of rotatable bonds is 2. The quantitative estimate of drug-likeness (QED) is 0.755. The Morgan fingerprint density at radius 3 is 2.84 bits per heavy atom. The van der Waals surface area contributed by atoms with E-state index in [9.17, 15) is 0 Å². The Morgan fingerprint density at radius 1 is 1.37 bits per heavy atom. The highest BCUT2D eigenvalue weighted by Gasteiger charge is 2.40. The van der Waals surface area contributed by atoms with Crippen LogP contribution >= 0.6 is 33.9 Å². The summed E-state index contributed by atoms with van der Waals surface area (Å²) in [5.41, 5.74) is 8.02. The number of nitrogens with two attached hydrogens (primary N) is 1. The highest BCUT2D eigenvalue weighted by atomic mass is 127. The topological polar surface area (TPSA) is 35.2 Å². The molecule has 0 amide bonds. The van der Waals surface area contributed by atoms with Crippen molar-refractivity contribution in [1.29, 1.82) is 0 Å². The highest BCUT2D eigenvalue weighted by Crippen LogP contribution is 2.44. The fourth-order valence-corrected chi connectivity index (χ4v) is 5.11. The molecule has 0 radical (unpaired) electrons. The minimum atomic E-state index is 0.169. The van der Waals surface area contributed by atoms with Crippen molar-refractivity contribution in [3.63, 3.8) is 0 Å². The third-order valence-corrected chi connectivity index (χ3v) is 6.58. The van der Waals surface area contributed by atoms with Crippen LogP contribution in [0.2, 0.25) is 0 Å². The predicted molar refractivity (Wildman–Crippen MR) is 88.5 cm³/mol. The van der Waals surface area contributed by atoms with Gasteiger partial charge < -0.3 is 10.5 Å². The maximum atomic E-state index is 6.52. The molecule has 1 aromatic rings. The van der Waals surface area contributed by atoms with E-state index in [-0.39, 0.29) is 11.6 Å². The highest BCUT2D eigenvalue weighted by molar-refractivity contribution is 14.1. The molecule has 2 nitrogen and oxygen atoms in total. The summed E-state index contributed by atoms with van der Waals surface area (Å²) >= 11 is 4.18. The molecule has 106 valence electrons. The molecule has 3 rings (SSSR count). The van der Waals surface area contributed by atoms with Gasteiger partial charge in [0.05, 0.1) is 8.48 Å². The molecule has 1 saturated carbocycles. The third-order valence-electron chi connectivity index (χ3n) is 4.78. The normalized spacial score (nSPS) is 28.4. The Balaban J connectivity index is 1.70. The van der Waals surface area contributed by atoms with E-state index < -0.39 is 0 Å². The third kappa shape index (κ3) is 3.17. The van der Waals surface area contributed by atoms with E-state index in [4.69, 9.17) is 10.5 Å². The Labute approximate surface area is 133 Å². The molecular weight excluding hydrogens is 369 g/mol. The molecule has 2 unspecified atom stereocenters. The minimum absolute atomic E-state index is 0.169. The summed E-state index contributed by atoms with van der Waals surface area (Å²) in [6.07, 6.45) is 8.83. The smallest absolute Gasteiger partial charge is 0.0685 e. The lowest BCUT2D eigenvalue weighted by atomic mass is 9.73. The molecule has 19 heavy (non-hydrogen) atoms. The van der Waals surface area contributed by atoms with Gasteiger partial charge in [0.15, 0.2) is 0 Å². The number of hydrogen-bond donors (Lipinski definition) is 1. The first-order valence-electron chi connectivity index (χ1n) is 7.32. The summed E-state index contributed by atoms with van der Waals surface area (Å²) in [5.74, 6) is 0.595. The van der Waals surface area contributed by atoms with Crippen LogP contribution in [0.15, 0.2) is 11.4 Å². The van der Waals surface area contributed by atoms with E-state index >= 15 is 0 Å². The Hall–Kier alpha value is 0.350. The van der Waals surface area contributed by atoms with Crippen molar-refractivity contribution < 1.29 is 4.74 Å². The first-order chi connectivity index (χ1) is 9.19. The second-order valence-electron chi connectivity index (χ2n) is 6.05. The summed E-state index contributed by atoms with van der Waals surface area (Å²) < 4.78 is 7.51. The molecule has 2 aliphatic rings. The summed E-state index contributed by atoms with van der Waals surface area (Å²) in [5, 5.41) is 2.23. The van der Waals surface area contributed by atoms with Crippen LogP contribution in [0.3, 0.4) is 0 Å². The van der Waals surface area contributed by atoms with Crippen molar-refractivity contribution in [2.75, 3.05) is 6.61 Å². The average molecular weight is 391 g/mol. The van der Waals surface area contributed by atoms with Gasteiger partial charge >= 0.3 is 0 Å². The summed E-state index contributed by atoms with van der Waals surface area (Å²) in [4.78, 5) is 0. The fraction of sp³-hybridized carbons (Fsp3) is 0.733. The van der Waals surface area contributed by atoms with Gasteiger partial charge in [0.2, 0.25) is 0 Å². The second kappa shape index (κ2) is 6.00. The van der Waals surface area contributed by atoms with Gasteiger partial charge in [0.25, 0.3) is 0 Å². The van der Waals surface area contributed by atoms with Crippen molar-refractivity contribution in [3.05, 3.63) is 19.9 Å². The molecule has 2 atom stereocenters. The van der Waals surface area contributed by atoms with E-state index in [2.05, 4.69) is 34.0 Å². The number of ether oxygens (including phenoxy) is 1. The lowest BCUT2D eigenvalue weighted by molar-refractivity contribution is -0.120. The van der Waals surface area contributed by atoms with Gasteiger partial charge in [-0.15, -0.1) is 11.3 Å². The fourth-order valence-electron chi connectivity index (χ4n) is 3.69. The molecule has 0 bridgehead atoms. The Morgan fingerprint density at radius 2 is 2.16 bits per heavy atom. The molecule has 0 aromatic carbocycles. The zero-order valence-electron chi connectivity index (χ0n) is 11.2. The maximum Gasteiger partial charge on any atom is 0.0685 e. The van der Waals surface area contributed by atoms with Crippen LogP contribution < -0.4 is 5.73 Å². The molecule has 1 saturated heterocycles. The standard InChI is InChI=1S/C15H22INOS/c16-13-8-12(10-19-13)14(17)11-4-7-18-15(9-11)5-2-1-3-6-15/h8,10-11,14H,1-7,9,17H2. The Kier molecular flexibility index (Phi) is 4.51. The number of halogens is 1. The van der Waals surface area contributed by atoms with Crippen LogP contribution in [0.5, 0.6) is 0 Å². The van der Waals surface area contributed by atoms with Gasteiger partial charge in [-0.05, 0) is 71.2 Å². The molecule has 4 heteroatoms. The molecule has 1 spiro atoms. The lowest BCUT2D eigenvalue weighted by Crippen LogP contribution is -2.43. The zero-order valence-corrected chi connectivity index (χ0v) is 14.2. The van der Waals surface area contributed by atoms with Crippen LogP contribution in [-0.4, -0.2) is 12.2 Å². The summed E-state index contributed by atoms with van der Waals surface area (Å²) in [6.45, 7) is 0.902. The minimum Gasteiger partial charge on any atom is -0.375 e. The molecule has 2 fully saturated rings. The van der Waals surface area contributed by atoms with Crippen LogP contribution in [0.1, 0.15) is 56.6 Å². The van der Waals surface area contributed by atoms with E-state index in [1.54, 1.807) is 11.3 Å². The van der Waals surface area contributed by atoms with Crippen LogP contribution in [-0.2, 0) is 4.74 Å². The molecule has 1 aliphatic carbocycles. The molecule has 2 N–H and O–H groups in total. The van der Waals surface area contributed by atoms with E-state index in [1.807, 2.05) is 0 Å². The van der Waals surface area contributed by atoms with Gasteiger partial charge in [0, 0.05) is 12.6 Å². The summed E-state index contributed by atoms with van der Waals surface area (Å²) in [6, 6.07) is 2.45. The van der Waals surface area contributed by atoms with Crippen molar-refractivity contribution in [1.82, 2.24) is 0 Å². The van der Waals surface area contributed by atoms with Crippen LogP contribution in [0.25, 0.3) is 0 Å². The van der Waals surface area contributed by atoms with Gasteiger partial charge in [-0.1, -0.05) is 19.3 Å². The largest absolute Gasteiger partial charge is 0.375 e. The van der Waals surface area contributed by atoms with Crippen LogP contribution in [0.4, 0.5) is 0 Å². The summed E-state index contributed by atoms with van der Waals surface area (Å²) in [7, 11) is 0. The first-order valence-corrected chi connectivity index (χ1v) is 9.28.